The monoisotopic (exact) mass is 444 g/mol. The first-order chi connectivity index (χ1) is 15.6. The Bertz CT molecular complexity index is 1410. The van der Waals surface area contributed by atoms with E-state index in [0.717, 1.165) is 32.9 Å². The third-order valence-corrected chi connectivity index (χ3v) is 5.85. The normalized spacial score (nSPS) is 12.3. The van der Waals surface area contributed by atoms with Crippen LogP contribution in [0.5, 0.6) is 0 Å². The first-order valence-corrected chi connectivity index (χ1v) is 10.8. The van der Waals surface area contributed by atoms with E-state index in [-0.39, 0.29) is 11.8 Å². The molecular formula is C25H21ClN4O2. The van der Waals surface area contributed by atoms with Gasteiger partial charge in [0.15, 0.2) is 0 Å². The molecule has 0 bridgehead atoms. The number of rotatable bonds is 6. The summed E-state index contributed by atoms with van der Waals surface area (Å²) in [7, 11) is 0. The van der Waals surface area contributed by atoms with Crippen molar-refractivity contribution in [3.63, 3.8) is 0 Å². The van der Waals surface area contributed by atoms with Crippen molar-refractivity contribution < 1.29 is 9.32 Å². The maximum atomic E-state index is 12.7. The van der Waals surface area contributed by atoms with Crippen LogP contribution in [0.15, 0.2) is 71.3 Å². The minimum absolute atomic E-state index is 0.0497. The molecule has 1 atom stereocenters. The fraction of sp³-hybridized carbons (Fsp3) is 0.160. The molecule has 2 heterocycles. The van der Waals surface area contributed by atoms with Crippen molar-refractivity contribution in [3.05, 3.63) is 83.2 Å². The smallest absolute Gasteiger partial charge is 0.228 e. The van der Waals surface area contributed by atoms with Crippen molar-refractivity contribution in [1.29, 1.82) is 0 Å². The van der Waals surface area contributed by atoms with Crippen molar-refractivity contribution in [1.82, 2.24) is 20.4 Å². The van der Waals surface area contributed by atoms with E-state index in [4.69, 9.17) is 16.1 Å². The molecule has 0 saturated carbocycles. The molecule has 5 rings (SSSR count). The third kappa shape index (κ3) is 3.97. The summed E-state index contributed by atoms with van der Waals surface area (Å²) in [5.74, 6) is 0.700. The van der Waals surface area contributed by atoms with Crippen LogP contribution in [-0.4, -0.2) is 27.6 Å². The number of halogens is 1. The number of benzene rings is 3. The number of amides is 1. The predicted molar refractivity (Wildman–Crippen MR) is 126 cm³/mol. The van der Waals surface area contributed by atoms with Crippen LogP contribution in [-0.2, 0) is 11.2 Å². The van der Waals surface area contributed by atoms with Gasteiger partial charge in [0, 0.05) is 45.4 Å². The second-order valence-electron chi connectivity index (χ2n) is 7.76. The van der Waals surface area contributed by atoms with Crippen LogP contribution < -0.4 is 5.32 Å². The van der Waals surface area contributed by atoms with Crippen LogP contribution in [0.3, 0.4) is 0 Å². The number of aromatic amines is 1. The Hall–Kier alpha value is -3.64. The summed E-state index contributed by atoms with van der Waals surface area (Å²) in [6.45, 7) is 2.32. The Kier molecular flexibility index (Phi) is 5.37. The topological polar surface area (TPSA) is 83.8 Å². The van der Waals surface area contributed by atoms with E-state index in [9.17, 15) is 4.79 Å². The summed E-state index contributed by atoms with van der Waals surface area (Å²) < 4.78 is 5.31. The zero-order valence-corrected chi connectivity index (χ0v) is 18.2. The molecule has 160 valence electrons. The predicted octanol–water partition coefficient (Wildman–Crippen LogP) is 5.49. The van der Waals surface area contributed by atoms with Gasteiger partial charge in [-0.1, -0.05) is 59.2 Å². The van der Waals surface area contributed by atoms with Crippen molar-refractivity contribution in [2.45, 2.75) is 19.3 Å². The van der Waals surface area contributed by atoms with Crippen molar-refractivity contribution in [2.24, 2.45) is 0 Å². The summed E-state index contributed by atoms with van der Waals surface area (Å²) in [6.07, 6.45) is 0.472. The molecule has 32 heavy (non-hydrogen) atoms. The van der Waals surface area contributed by atoms with Crippen LogP contribution in [0.1, 0.15) is 24.3 Å². The molecule has 7 heteroatoms. The minimum atomic E-state index is -0.294. The number of H-pyrrole nitrogens is 1. The van der Waals surface area contributed by atoms with E-state index in [0.29, 0.717) is 29.7 Å². The molecule has 0 aliphatic carbocycles. The van der Waals surface area contributed by atoms with E-state index in [1.165, 1.54) is 0 Å². The fourth-order valence-corrected chi connectivity index (χ4v) is 3.99. The highest BCUT2D eigenvalue weighted by molar-refractivity contribution is 6.31. The lowest BCUT2D eigenvalue weighted by molar-refractivity contribution is -0.122. The molecule has 2 aromatic heterocycles. The Balaban J connectivity index is 1.23. The van der Waals surface area contributed by atoms with E-state index >= 15 is 0 Å². The van der Waals surface area contributed by atoms with E-state index in [1.807, 2.05) is 73.7 Å². The number of carbonyl (C=O) groups excluding carboxylic acids is 1. The van der Waals surface area contributed by atoms with Gasteiger partial charge in [-0.2, -0.15) is 4.98 Å². The van der Waals surface area contributed by atoms with Crippen LogP contribution in [0.4, 0.5) is 0 Å². The van der Waals surface area contributed by atoms with Crippen LogP contribution in [0.2, 0.25) is 5.02 Å². The zero-order chi connectivity index (χ0) is 22.1. The molecule has 5 aromatic rings. The molecule has 0 aliphatic heterocycles. The van der Waals surface area contributed by atoms with Crippen LogP contribution >= 0.6 is 11.6 Å². The average Bonchev–Trinajstić information content (AvgIpc) is 3.43. The van der Waals surface area contributed by atoms with Gasteiger partial charge in [0.1, 0.15) is 0 Å². The fourth-order valence-electron chi connectivity index (χ4n) is 3.82. The first kappa shape index (κ1) is 20.3. The number of nitrogens with zero attached hydrogens (tertiary/aromatic N) is 2. The molecule has 0 spiro atoms. The molecule has 3 aromatic carbocycles. The molecule has 0 unspecified atom stereocenters. The molecule has 0 saturated heterocycles. The lowest BCUT2D eigenvalue weighted by atomic mass is 9.98. The second kappa shape index (κ2) is 8.48. The largest absolute Gasteiger partial charge is 0.355 e. The molecule has 0 fully saturated rings. The van der Waals surface area contributed by atoms with Gasteiger partial charge in [0.2, 0.25) is 17.6 Å². The van der Waals surface area contributed by atoms with E-state index in [1.54, 1.807) is 0 Å². The van der Waals surface area contributed by atoms with Gasteiger partial charge in [0.25, 0.3) is 0 Å². The number of aromatic nitrogens is 3. The van der Waals surface area contributed by atoms with Gasteiger partial charge >= 0.3 is 0 Å². The van der Waals surface area contributed by atoms with Gasteiger partial charge in [-0.15, -0.1) is 0 Å². The Labute approximate surface area is 189 Å². The molecular weight excluding hydrogens is 424 g/mol. The summed E-state index contributed by atoms with van der Waals surface area (Å²) in [6, 6.07) is 21.5. The van der Waals surface area contributed by atoms with Crippen LogP contribution in [0.25, 0.3) is 33.2 Å². The molecule has 0 radical (unpaired) electrons. The van der Waals surface area contributed by atoms with Crippen molar-refractivity contribution >= 4 is 39.3 Å². The summed E-state index contributed by atoms with van der Waals surface area (Å²) in [5.41, 5.74) is 3.85. The zero-order valence-electron chi connectivity index (χ0n) is 17.4. The van der Waals surface area contributed by atoms with E-state index < -0.39 is 0 Å². The molecule has 0 aliphatic rings. The number of nitrogens with one attached hydrogen (secondary N) is 2. The lowest BCUT2D eigenvalue weighted by Gasteiger charge is -2.12. The SMILES string of the molecule is C[C@@H](C(=O)NCCc1nc(-c2ccccc2)no1)c1ccc2c(c1)[nH]c1ccc(Cl)cc12. The minimum Gasteiger partial charge on any atom is -0.355 e. The summed E-state index contributed by atoms with van der Waals surface area (Å²) in [5, 5.41) is 9.84. The van der Waals surface area contributed by atoms with Gasteiger partial charge in [-0.25, -0.2) is 0 Å². The molecule has 2 N–H and O–H groups in total. The number of hydrogen-bond acceptors (Lipinski definition) is 4. The van der Waals surface area contributed by atoms with Gasteiger partial charge in [-0.3, -0.25) is 4.79 Å². The lowest BCUT2D eigenvalue weighted by Crippen LogP contribution is -2.29. The Morgan fingerprint density at radius 2 is 1.91 bits per heavy atom. The van der Waals surface area contributed by atoms with Crippen molar-refractivity contribution in [2.75, 3.05) is 6.54 Å². The van der Waals surface area contributed by atoms with Gasteiger partial charge in [0.05, 0.1) is 5.92 Å². The third-order valence-electron chi connectivity index (χ3n) is 5.62. The Morgan fingerprint density at radius 1 is 1.06 bits per heavy atom. The highest BCUT2D eigenvalue weighted by Gasteiger charge is 2.17. The highest BCUT2D eigenvalue weighted by Crippen LogP contribution is 2.30. The quantitative estimate of drug-likeness (QED) is 0.363. The van der Waals surface area contributed by atoms with Gasteiger partial charge in [-0.05, 0) is 36.8 Å². The average molecular weight is 445 g/mol. The maximum absolute atomic E-state index is 12.7. The Morgan fingerprint density at radius 3 is 2.75 bits per heavy atom. The summed E-state index contributed by atoms with van der Waals surface area (Å²) in [4.78, 5) is 20.5. The standard InChI is InChI=1S/C25H21ClN4O2/c1-15(17-7-9-19-20-14-18(26)8-10-21(20)28-22(19)13-17)25(31)27-12-11-23-29-24(30-32-23)16-5-3-2-4-6-16/h2-10,13-15,28H,11-12H2,1H3,(H,27,31)/t15-/m1/s1. The second-order valence-corrected chi connectivity index (χ2v) is 8.20. The highest BCUT2D eigenvalue weighted by atomic mass is 35.5. The number of fused-ring (bicyclic) bond motifs is 3. The maximum Gasteiger partial charge on any atom is 0.228 e. The number of carbonyl (C=O) groups is 1. The first-order valence-electron chi connectivity index (χ1n) is 10.4. The van der Waals surface area contributed by atoms with Crippen molar-refractivity contribution in [3.8, 4) is 11.4 Å². The van der Waals surface area contributed by atoms with Crippen LogP contribution in [0, 0.1) is 0 Å². The molecule has 6 nitrogen and oxygen atoms in total. The number of hydrogen-bond donors (Lipinski definition) is 2. The van der Waals surface area contributed by atoms with E-state index in [2.05, 4.69) is 20.4 Å². The summed E-state index contributed by atoms with van der Waals surface area (Å²) >= 11 is 6.14. The van der Waals surface area contributed by atoms with Gasteiger partial charge < -0.3 is 14.8 Å². The molecule has 1 amide bonds.